The van der Waals surface area contributed by atoms with Crippen molar-refractivity contribution in [3.63, 3.8) is 0 Å². The van der Waals surface area contributed by atoms with E-state index in [1.807, 2.05) is 40.8 Å². The number of carbonyl (C=O) groups excluding carboxylic acids is 2. The summed E-state index contributed by atoms with van der Waals surface area (Å²) in [6.45, 7) is 2.06. The smallest absolute Gasteiger partial charge is 0.269 e. The lowest BCUT2D eigenvalue weighted by atomic mass is 10.2. The molecule has 0 radical (unpaired) electrons. The molecule has 1 aliphatic rings. The summed E-state index contributed by atoms with van der Waals surface area (Å²) >= 11 is 3.52. The van der Waals surface area contributed by atoms with E-state index in [1.165, 1.54) is 0 Å². The topological polar surface area (TPSA) is 54.3 Å². The van der Waals surface area contributed by atoms with E-state index in [9.17, 15) is 9.59 Å². The normalized spacial score (nSPS) is 14.4. The van der Waals surface area contributed by atoms with Gasteiger partial charge in [0.1, 0.15) is 5.69 Å². The Morgan fingerprint density at radius 2 is 1.91 bits per heavy atom. The standard InChI is InChI=1S/C17H20BrN3O2/c1-20-13-7-3-2-6-12(13)15(18)16(20)17(23)19-9-8-14(22)21-10-4-5-11-21/h2-3,6-7H,4-5,8-11H2,1H3,(H,19,23). The van der Waals surface area contributed by atoms with Gasteiger partial charge >= 0.3 is 0 Å². The van der Waals surface area contributed by atoms with Crippen LogP contribution in [0.25, 0.3) is 10.9 Å². The second kappa shape index (κ2) is 6.74. The molecular formula is C17H20BrN3O2. The number of carbonyl (C=O) groups is 2. The van der Waals surface area contributed by atoms with Gasteiger partial charge in [-0.15, -0.1) is 0 Å². The van der Waals surface area contributed by atoms with Gasteiger partial charge in [-0.1, -0.05) is 18.2 Å². The zero-order valence-corrected chi connectivity index (χ0v) is 14.7. The summed E-state index contributed by atoms with van der Waals surface area (Å²) in [7, 11) is 1.87. The maximum absolute atomic E-state index is 12.5. The number of halogens is 1. The molecule has 122 valence electrons. The zero-order valence-electron chi connectivity index (χ0n) is 13.1. The SMILES string of the molecule is Cn1c(C(=O)NCCC(=O)N2CCCC2)c(Br)c2ccccc21. The van der Waals surface area contributed by atoms with Crippen LogP contribution in [0.1, 0.15) is 29.8 Å². The fourth-order valence-corrected chi connectivity index (χ4v) is 3.87. The quantitative estimate of drug-likeness (QED) is 0.890. The van der Waals surface area contributed by atoms with Crippen molar-refractivity contribution < 1.29 is 9.59 Å². The third-order valence-corrected chi connectivity index (χ3v) is 5.15. The Balaban J connectivity index is 1.65. The van der Waals surface area contributed by atoms with Gasteiger partial charge in [0.25, 0.3) is 5.91 Å². The number of aromatic nitrogens is 1. The molecule has 0 spiro atoms. The number of hydrogen-bond acceptors (Lipinski definition) is 2. The number of amides is 2. The highest BCUT2D eigenvalue weighted by molar-refractivity contribution is 9.10. The van der Waals surface area contributed by atoms with Crippen molar-refractivity contribution in [3.05, 3.63) is 34.4 Å². The van der Waals surface area contributed by atoms with Crippen molar-refractivity contribution in [2.24, 2.45) is 7.05 Å². The molecule has 0 atom stereocenters. The van der Waals surface area contributed by atoms with Crippen LogP contribution in [0, 0.1) is 0 Å². The maximum Gasteiger partial charge on any atom is 0.269 e. The number of fused-ring (bicyclic) bond motifs is 1. The molecule has 1 fully saturated rings. The summed E-state index contributed by atoms with van der Waals surface area (Å²) in [4.78, 5) is 26.3. The predicted molar refractivity (Wildman–Crippen MR) is 93.4 cm³/mol. The second-order valence-corrected chi connectivity index (χ2v) is 6.63. The number of rotatable bonds is 4. The van der Waals surface area contributed by atoms with Crippen LogP contribution in [0.15, 0.2) is 28.7 Å². The van der Waals surface area contributed by atoms with Gasteiger partial charge in [0, 0.05) is 44.0 Å². The molecule has 2 amide bonds. The molecule has 23 heavy (non-hydrogen) atoms. The largest absolute Gasteiger partial charge is 0.350 e. The van der Waals surface area contributed by atoms with E-state index in [0.29, 0.717) is 18.7 Å². The molecule has 0 aliphatic carbocycles. The van der Waals surface area contributed by atoms with Gasteiger partial charge in [-0.25, -0.2) is 0 Å². The summed E-state index contributed by atoms with van der Waals surface area (Å²) < 4.78 is 2.66. The highest BCUT2D eigenvalue weighted by Gasteiger charge is 2.20. The van der Waals surface area contributed by atoms with Crippen molar-refractivity contribution in [2.75, 3.05) is 19.6 Å². The van der Waals surface area contributed by atoms with Crippen molar-refractivity contribution in [1.82, 2.24) is 14.8 Å². The highest BCUT2D eigenvalue weighted by atomic mass is 79.9. The second-order valence-electron chi connectivity index (χ2n) is 5.83. The number of benzene rings is 1. The maximum atomic E-state index is 12.5. The van der Waals surface area contributed by atoms with E-state index >= 15 is 0 Å². The van der Waals surface area contributed by atoms with Gasteiger partial charge in [-0.3, -0.25) is 9.59 Å². The van der Waals surface area contributed by atoms with Crippen molar-refractivity contribution in [2.45, 2.75) is 19.3 Å². The molecule has 1 aromatic heterocycles. The third-order valence-electron chi connectivity index (χ3n) is 4.34. The minimum absolute atomic E-state index is 0.124. The molecular weight excluding hydrogens is 358 g/mol. The van der Waals surface area contributed by atoms with Crippen LogP contribution in [0.3, 0.4) is 0 Å². The lowest BCUT2D eigenvalue weighted by Crippen LogP contribution is -2.33. The Kier molecular flexibility index (Phi) is 4.71. The van der Waals surface area contributed by atoms with Crippen LogP contribution in [0.2, 0.25) is 0 Å². The molecule has 5 nitrogen and oxygen atoms in total. The van der Waals surface area contributed by atoms with Crippen LogP contribution < -0.4 is 5.32 Å². The van der Waals surface area contributed by atoms with Crippen molar-refractivity contribution in [3.8, 4) is 0 Å². The van der Waals surface area contributed by atoms with Crippen molar-refractivity contribution in [1.29, 1.82) is 0 Å². The first-order chi connectivity index (χ1) is 11.1. The first-order valence-corrected chi connectivity index (χ1v) is 8.68. The number of likely N-dealkylation sites (tertiary alicyclic amines) is 1. The zero-order chi connectivity index (χ0) is 16.4. The van der Waals surface area contributed by atoms with E-state index in [2.05, 4.69) is 21.2 Å². The van der Waals surface area contributed by atoms with E-state index in [1.54, 1.807) is 0 Å². The minimum atomic E-state index is -0.162. The molecule has 0 saturated carbocycles. The van der Waals surface area contributed by atoms with Gasteiger partial charge in [0.2, 0.25) is 5.91 Å². The molecule has 2 aromatic rings. The summed E-state index contributed by atoms with van der Waals surface area (Å²) in [5, 5.41) is 3.87. The molecule has 6 heteroatoms. The van der Waals surface area contributed by atoms with E-state index in [-0.39, 0.29) is 11.8 Å². The van der Waals surface area contributed by atoms with Crippen LogP contribution in [-0.4, -0.2) is 40.9 Å². The lowest BCUT2D eigenvalue weighted by molar-refractivity contribution is -0.129. The fourth-order valence-electron chi connectivity index (χ4n) is 3.09. The van der Waals surface area contributed by atoms with Crippen LogP contribution in [0.5, 0.6) is 0 Å². The Labute approximate surface area is 143 Å². The Bertz CT molecular complexity index is 709. The monoisotopic (exact) mass is 377 g/mol. The lowest BCUT2D eigenvalue weighted by Gasteiger charge is -2.15. The Hall–Kier alpha value is -1.82. The number of nitrogens with zero attached hydrogens (tertiary/aromatic N) is 2. The van der Waals surface area contributed by atoms with E-state index in [0.717, 1.165) is 41.3 Å². The van der Waals surface area contributed by atoms with Gasteiger partial charge in [-0.2, -0.15) is 0 Å². The summed E-state index contributed by atoms with van der Waals surface area (Å²) in [5.41, 5.74) is 1.58. The van der Waals surface area contributed by atoms with Crippen LogP contribution in [0.4, 0.5) is 0 Å². The predicted octanol–water partition coefficient (Wildman–Crippen LogP) is 2.68. The number of aryl methyl sites for hydroxylation is 1. The average molecular weight is 378 g/mol. The van der Waals surface area contributed by atoms with Crippen molar-refractivity contribution >= 4 is 38.6 Å². The molecule has 2 heterocycles. The fraction of sp³-hybridized carbons (Fsp3) is 0.412. The molecule has 0 bridgehead atoms. The Morgan fingerprint density at radius 3 is 2.61 bits per heavy atom. The molecule has 3 rings (SSSR count). The van der Waals surface area contributed by atoms with Gasteiger partial charge in [0.15, 0.2) is 0 Å². The average Bonchev–Trinajstić information content (AvgIpc) is 3.16. The molecule has 1 aromatic carbocycles. The highest BCUT2D eigenvalue weighted by Crippen LogP contribution is 2.30. The molecule has 1 aliphatic heterocycles. The van der Waals surface area contributed by atoms with Gasteiger partial charge in [0.05, 0.1) is 4.47 Å². The van der Waals surface area contributed by atoms with Crippen LogP contribution >= 0.6 is 15.9 Å². The van der Waals surface area contributed by atoms with E-state index < -0.39 is 0 Å². The summed E-state index contributed by atoms with van der Waals surface area (Å²) in [6, 6.07) is 7.86. The van der Waals surface area contributed by atoms with Crippen LogP contribution in [-0.2, 0) is 11.8 Å². The molecule has 0 unspecified atom stereocenters. The van der Waals surface area contributed by atoms with E-state index in [4.69, 9.17) is 0 Å². The van der Waals surface area contributed by atoms with Gasteiger partial charge in [-0.05, 0) is 34.8 Å². The van der Waals surface area contributed by atoms with Gasteiger partial charge < -0.3 is 14.8 Å². The summed E-state index contributed by atoms with van der Waals surface area (Å²) in [6.07, 6.45) is 2.52. The minimum Gasteiger partial charge on any atom is -0.350 e. The first kappa shape index (κ1) is 16.1. The number of nitrogens with one attached hydrogen (secondary N) is 1. The third kappa shape index (κ3) is 3.13. The number of para-hydroxylation sites is 1. The molecule has 1 saturated heterocycles. The summed E-state index contributed by atoms with van der Waals surface area (Å²) in [5.74, 6) is -0.0382. The number of hydrogen-bond donors (Lipinski definition) is 1. The first-order valence-electron chi connectivity index (χ1n) is 7.88. The Morgan fingerprint density at radius 1 is 1.22 bits per heavy atom. The molecule has 1 N–H and O–H groups in total.